The predicted molar refractivity (Wildman–Crippen MR) is 115 cm³/mol. The third-order valence-corrected chi connectivity index (χ3v) is 4.89. The molecule has 158 valence electrons. The summed E-state index contributed by atoms with van der Waals surface area (Å²) in [6, 6.07) is 16.6. The Kier molecular flexibility index (Phi) is 7.19. The zero-order valence-corrected chi connectivity index (χ0v) is 17.3. The molecule has 1 aliphatic rings. The largest absolute Gasteiger partial charge is 0.465 e. The number of benzene rings is 2. The Hall–Kier alpha value is -3.19. The Balaban J connectivity index is 1.83. The molecule has 1 atom stereocenters. The van der Waals surface area contributed by atoms with Crippen molar-refractivity contribution in [1.82, 2.24) is 4.90 Å². The van der Waals surface area contributed by atoms with E-state index in [1.165, 1.54) is 0 Å². The van der Waals surface area contributed by atoms with Crippen LogP contribution in [-0.2, 0) is 25.7 Å². The first-order valence-corrected chi connectivity index (χ1v) is 10.1. The first-order chi connectivity index (χ1) is 14.5. The van der Waals surface area contributed by atoms with Crippen molar-refractivity contribution in [2.45, 2.75) is 32.9 Å². The highest BCUT2D eigenvalue weighted by Crippen LogP contribution is 2.31. The van der Waals surface area contributed by atoms with E-state index in [0.717, 1.165) is 5.56 Å². The van der Waals surface area contributed by atoms with Crippen molar-refractivity contribution in [2.24, 2.45) is 0 Å². The van der Waals surface area contributed by atoms with Gasteiger partial charge < -0.3 is 15.0 Å². The normalized spacial score (nSPS) is 15.9. The smallest absolute Gasteiger partial charge is 0.320 e. The third kappa shape index (κ3) is 5.45. The second-order valence-corrected chi connectivity index (χ2v) is 7.32. The van der Waals surface area contributed by atoms with Gasteiger partial charge in [0.15, 0.2) is 0 Å². The molecule has 0 fully saturated rings. The molecule has 1 N–H and O–H groups in total. The fourth-order valence-corrected chi connectivity index (χ4v) is 3.63. The van der Waals surface area contributed by atoms with E-state index < -0.39 is 0 Å². The molecule has 2 aromatic rings. The lowest BCUT2D eigenvalue weighted by Crippen LogP contribution is -2.46. The van der Waals surface area contributed by atoms with Gasteiger partial charge in [0.05, 0.1) is 31.1 Å². The second kappa shape index (κ2) is 10.0. The van der Waals surface area contributed by atoms with Gasteiger partial charge in [-0.3, -0.25) is 19.3 Å². The summed E-state index contributed by atoms with van der Waals surface area (Å²) in [7, 11) is 0. The van der Waals surface area contributed by atoms with Gasteiger partial charge in [-0.1, -0.05) is 42.5 Å². The summed E-state index contributed by atoms with van der Waals surface area (Å²) in [5, 5.41) is 2.86. The molecule has 0 saturated carbocycles. The van der Waals surface area contributed by atoms with Gasteiger partial charge in [0.25, 0.3) is 0 Å². The number of nitrogens with zero attached hydrogens (tertiary/aromatic N) is 2. The number of amides is 2. The van der Waals surface area contributed by atoms with Gasteiger partial charge in [-0.05, 0) is 31.5 Å². The van der Waals surface area contributed by atoms with Gasteiger partial charge >= 0.3 is 5.97 Å². The van der Waals surface area contributed by atoms with E-state index in [-0.39, 0.29) is 49.9 Å². The monoisotopic (exact) mass is 409 g/mol. The number of esters is 1. The topological polar surface area (TPSA) is 79.0 Å². The molecule has 0 aromatic heterocycles. The van der Waals surface area contributed by atoms with Crippen LogP contribution in [0, 0.1) is 0 Å². The molecule has 0 saturated heterocycles. The molecule has 3 rings (SSSR count). The van der Waals surface area contributed by atoms with Crippen LogP contribution in [0.3, 0.4) is 0 Å². The average Bonchev–Trinajstić information content (AvgIpc) is 2.82. The Labute approximate surface area is 176 Å². The van der Waals surface area contributed by atoms with E-state index in [4.69, 9.17) is 4.74 Å². The van der Waals surface area contributed by atoms with Crippen LogP contribution in [0.5, 0.6) is 0 Å². The van der Waals surface area contributed by atoms with Crippen LogP contribution < -0.4 is 10.2 Å². The minimum Gasteiger partial charge on any atom is -0.465 e. The maximum atomic E-state index is 13.4. The molecule has 2 amide bonds. The SMILES string of the molecule is CCOC(=O)CN(CC(=O)N1c2ccccc2NC(=O)CC1C)Cc1ccccc1. The predicted octanol–water partition coefficient (Wildman–Crippen LogP) is 2.82. The number of hydrogen-bond acceptors (Lipinski definition) is 5. The van der Waals surface area contributed by atoms with Crippen molar-refractivity contribution < 1.29 is 19.1 Å². The number of carbonyl (C=O) groups excluding carboxylic acids is 3. The molecule has 7 heteroatoms. The van der Waals surface area contributed by atoms with Crippen LogP contribution in [0.1, 0.15) is 25.8 Å². The molecular weight excluding hydrogens is 382 g/mol. The Bertz CT molecular complexity index is 900. The minimum absolute atomic E-state index is 0.00945. The average molecular weight is 409 g/mol. The quantitative estimate of drug-likeness (QED) is 0.712. The van der Waals surface area contributed by atoms with E-state index in [1.54, 1.807) is 22.8 Å². The van der Waals surface area contributed by atoms with E-state index in [9.17, 15) is 14.4 Å². The number of rotatable bonds is 7. The van der Waals surface area contributed by atoms with Crippen LogP contribution in [0.4, 0.5) is 11.4 Å². The number of para-hydroxylation sites is 2. The van der Waals surface area contributed by atoms with Crippen molar-refractivity contribution in [3.8, 4) is 0 Å². The van der Waals surface area contributed by atoms with E-state index in [0.29, 0.717) is 17.9 Å². The van der Waals surface area contributed by atoms with Gasteiger partial charge in [-0.25, -0.2) is 0 Å². The highest BCUT2D eigenvalue weighted by atomic mass is 16.5. The fourth-order valence-electron chi connectivity index (χ4n) is 3.63. The zero-order valence-electron chi connectivity index (χ0n) is 17.3. The maximum Gasteiger partial charge on any atom is 0.320 e. The summed E-state index contributed by atoms with van der Waals surface area (Å²) < 4.78 is 5.09. The summed E-state index contributed by atoms with van der Waals surface area (Å²) >= 11 is 0. The fraction of sp³-hybridized carbons (Fsp3) is 0.348. The van der Waals surface area contributed by atoms with Crippen molar-refractivity contribution in [3.05, 3.63) is 60.2 Å². The summed E-state index contributed by atoms with van der Waals surface area (Å²) in [4.78, 5) is 41.1. The maximum absolute atomic E-state index is 13.4. The molecule has 0 bridgehead atoms. The highest BCUT2D eigenvalue weighted by molar-refractivity contribution is 6.05. The number of ether oxygens (including phenoxy) is 1. The Morgan fingerprint density at radius 3 is 2.53 bits per heavy atom. The first-order valence-electron chi connectivity index (χ1n) is 10.1. The van der Waals surface area contributed by atoms with Crippen LogP contribution in [-0.4, -0.2) is 48.4 Å². The third-order valence-electron chi connectivity index (χ3n) is 4.89. The van der Waals surface area contributed by atoms with Crippen molar-refractivity contribution in [2.75, 3.05) is 29.9 Å². The van der Waals surface area contributed by atoms with Gasteiger partial charge in [0.1, 0.15) is 0 Å². The lowest BCUT2D eigenvalue weighted by atomic mass is 10.1. The molecule has 2 aromatic carbocycles. The van der Waals surface area contributed by atoms with Crippen LogP contribution in [0.25, 0.3) is 0 Å². The van der Waals surface area contributed by atoms with Crippen LogP contribution >= 0.6 is 0 Å². The van der Waals surface area contributed by atoms with Gasteiger partial charge in [-0.15, -0.1) is 0 Å². The lowest BCUT2D eigenvalue weighted by molar-refractivity contribution is -0.144. The summed E-state index contributed by atoms with van der Waals surface area (Å²) in [6.45, 7) is 4.37. The summed E-state index contributed by atoms with van der Waals surface area (Å²) in [5.41, 5.74) is 2.27. The van der Waals surface area contributed by atoms with Gasteiger partial charge in [0, 0.05) is 19.0 Å². The Morgan fingerprint density at radius 1 is 1.10 bits per heavy atom. The van der Waals surface area contributed by atoms with Crippen molar-refractivity contribution >= 4 is 29.2 Å². The number of hydrogen-bond donors (Lipinski definition) is 1. The number of anilines is 2. The summed E-state index contributed by atoms with van der Waals surface area (Å²) in [6.07, 6.45) is 0.205. The van der Waals surface area contributed by atoms with Crippen LogP contribution in [0.2, 0.25) is 0 Å². The molecule has 1 unspecified atom stereocenters. The second-order valence-electron chi connectivity index (χ2n) is 7.32. The first kappa shape index (κ1) is 21.5. The number of nitrogens with one attached hydrogen (secondary N) is 1. The summed E-state index contributed by atoms with van der Waals surface area (Å²) in [5.74, 6) is -0.674. The van der Waals surface area contributed by atoms with Gasteiger partial charge in [-0.2, -0.15) is 0 Å². The zero-order chi connectivity index (χ0) is 21.5. The van der Waals surface area contributed by atoms with Crippen LogP contribution in [0.15, 0.2) is 54.6 Å². The van der Waals surface area contributed by atoms with Gasteiger partial charge in [0.2, 0.25) is 11.8 Å². The van der Waals surface area contributed by atoms with E-state index in [2.05, 4.69) is 5.32 Å². The molecule has 30 heavy (non-hydrogen) atoms. The molecule has 1 aliphatic heterocycles. The number of fused-ring (bicyclic) bond motifs is 1. The highest BCUT2D eigenvalue weighted by Gasteiger charge is 2.30. The molecule has 7 nitrogen and oxygen atoms in total. The molecule has 1 heterocycles. The minimum atomic E-state index is -0.373. The standard InChI is InChI=1S/C23H27N3O4/c1-3-30-23(29)16-25(14-18-9-5-4-6-10-18)15-22(28)26-17(2)13-21(27)24-19-11-7-8-12-20(19)26/h4-12,17H,3,13-16H2,1-2H3,(H,24,27). The van der Waals surface area contributed by atoms with E-state index >= 15 is 0 Å². The Morgan fingerprint density at radius 2 is 1.80 bits per heavy atom. The number of carbonyl (C=O) groups is 3. The molecule has 0 radical (unpaired) electrons. The molecule has 0 aliphatic carbocycles. The van der Waals surface area contributed by atoms with E-state index in [1.807, 2.05) is 55.5 Å². The van der Waals surface area contributed by atoms with Crippen molar-refractivity contribution in [1.29, 1.82) is 0 Å². The molecular formula is C23H27N3O4. The van der Waals surface area contributed by atoms with Crippen molar-refractivity contribution in [3.63, 3.8) is 0 Å². The molecule has 0 spiro atoms. The lowest BCUT2D eigenvalue weighted by Gasteiger charge is -2.30.